The van der Waals surface area contributed by atoms with E-state index in [0.29, 0.717) is 23.7 Å². The van der Waals surface area contributed by atoms with Crippen LogP contribution in [0.25, 0.3) is 43.1 Å². The van der Waals surface area contributed by atoms with Crippen LogP contribution in [0.4, 0.5) is 0 Å². The number of rotatable bonds is 0. The monoisotopic (exact) mass is 460 g/mol. The highest BCUT2D eigenvalue weighted by molar-refractivity contribution is 6.09. The van der Waals surface area contributed by atoms with Gasteiger partial charge in [0.2, 0.25) is 0 Å². The Balaban J connectivity index is 1.36. The molecule has 172 valence electrons. The van der Waals surface area contributed by atoms with Crippen LogP contribution in [-0.2, 0) is 0 Å². The van der Waals surface area contributed by atoms with Crippen LogP contribution in [0.15, 0.2) is 97.1 Å². The Labute approximate surface area is 211 Å². The van der Waals surface area contributed by atoms with Gasteiger partial charge in [0.15, 0.2) is 0 Å². The van der Waals surface area contributed by atoms with E-state index in [9.17, 15) is 0 Å². The van der Waals surface area contributed by atoms with Crippen molar-refractivity contribution in [2.45, 2.75) is 49.4 Å². The third kappa shape index (κ3) is 2.60. The molecule has 0 heteroatoms. The van der Waals surface area contributed by atoms with Crippen molar-refractivity contribution in [2.75, 3.05) is 0 Å². The largest absolute Gasteiger partial charge is 0.0581 e. The smallest absolute Gasteiger partial charge is 0.00926 e. The Morgan fingerprint density at radius 1 is 0.306 bits per heavy atom. The minimum absolute atomic E-state index is 0.611. The molecule has 0 nitrogen and oxygen atoms in total. The zero-order valence-electron chi connectivity index (χ0n) is 20.4. The Kier molecular flexibility index (Phi) is 3.79. The molecule has 6 aromatic carbocycles. The first-order valence-electron chi connectivity index (χ1n) is 13.7. The molecule has 0 unspecified atom stereocenters. The fraction of sp³-hybridized carbons (Fsp3) is 0.222. The van der Waals surface area contributed by atoms with E-state index in [4.69, 9.17) is 0 Å². The van der Waals surface area contributed by atoms with Crippen molar-refractivity contribution >= 4 is 43.1 Å². The lowest BCUT2D eigenvalue weighted by Crippen LogP contribution is -2.22. The zero-order valence-corrected chi connectivity index (χ0v) is 20.4. The van der Waals surface area contributed by atoms with E-state index in [-0.39, 0.29) is 0 Å². The van der Waals surface area contributed by atoms with E-state index in [1.165, 1.54) is 91.0 Å². The number of benzene rings is 6. The van der Waals surface area contributed by atoms with Gasteiger partial charge < -0.3 is 0 Å². The fourth-order valence-corrected chi connectivity index (χ4v) is 7.69. The molecule has 3 aliphatic carbocycles. The normalized spacial score (nSPS) is 24.2. The molecule has 6 aromatic rings. The maximum atomic E-state index is 2.53. The summed E-state index contributed by atoms with van der Waals surface area (Å²) in [4.78, 5) is 0. The molecule has 0 spiro atoms. The topological polar surface area (TPSA) is 0 Å². The Bertz CT molecular complexity index is 1600. The number of fused-ring (bicyclic) bond motifs is 10. The van der Waals surface area contributed by atoms with Gasteiger partial charge in [-0.3, -0.25) is 0 Å². The predicted molar refractivity (Wildman–Crippen MR) is 152 cm³/mol. The van der Waals surface area contributed by atoms with Crippen molar-refractivity contribution in [3.63, 3.8) is 0 Å². The summed E-state index contributed by atoms with van der Waals surface area (Å²) in [5, 5.41) is 11.2. The molecule has 0 radical (unpaired) electrons. The van der Waals surface area contributed by atoms with Gasteiger partial charge >= 0.3 is 0 Å². The molecule has 0 amide bonds. The molecule has 36 heavy (non-hydrogen) atoms. The van der Waals surface area contributed by atoms with Crippen molar-refractivity contribution in [3.8, 4) is 0 Å². The van der Waals surface area contributed by atoms with Gasteiger partial charge in [-0.1, -0.05) is 97.1 Å². The first kappa shape index (κ1) is 19.5. The van der Waals surface area contributed by atoms with Gasteiger partial charge in [-0.05, 0) is 115 Å². The highest BCUT2D eigenvalue weighted by atomic mass is 14.4. The van der Waals surface area contributed by atoms with E-state index in [1.807, 2.05) is 0 Å². The lowest BCUT2D eigenvalue weighted by atomic mass is 9.65. The molecule has 2 fully saturated rings. The second kappa shape index (κ2) is 6.98. The van der Waals surface area contributed by atoms with Crippen LogP contribution in [0.5, 0.6) is 0 Å². The molecule has 8 bridgehead atoms. The van der Waals surface area contributed by atoms with Crippen LogP contribution in [0.1, 0.15) is 71.6 Å². The maximum Gasteiger partial charge on any atom is -0.00926 e. The molecule has 0 saturated heterocycles. The summed E-state index contributed by atoms with van der Waals surface area (Å²) in [6.45, 7) is 0. The Hall–Kier alpha value is -3.64. The molecule has 0 aliphatic heterocycles. The predicted octanol–water partition coefficient (Wildman–Crippen LogP) is 9.94. The van der Waals surface area contributed by atoms with Gasteiger partial charge in [-0.2, -0.15) is 0 Å². The highest BCUT2D eigenvalue weighted by Crippen LogP contribution is 2.52. The summed E-state index contributed by atoms with van der Waals surface area (Å²) >= 11 is 0. The van der Waals surface area contributed by atoms with Crippen LogP contribution in [0.2, 0.25) is 0 Å². The Morgan fingerprint density at radius 3 is 0.750 bits per heavy atom. The number of hydrogen-bond donors (Lipinski definition) is 0. The fourth-order valence-electron chi connectivity index (χ4n) is 7.69. The SMILES string of the molecule is c1cc2ccc3ccc4cc3c2cc1[C@H]1CC[C@H]1c1ccc2ccc3ccc(cc3c2c1)[C@@H]1CC[C@H]41. The van der Waals surface area contributed by atoms with Gasteiger partial charge in [-0.15, -0.1) is 0 Å². The van der Waals surface area contributed by atoms with E-state index < -0.39 is 0 Å². The first-order valence-corrected chi connectivity index (χ1v) is 13.7. The molecule has 0 heterocycles. The summed E-state index contributed by atoms with van der Waals surface area (Å²) < 4.78 is 0. The quantitative estimate of drug-likeness (QED) is 0.198. The molecular weight excluding hydrogens is 432 g/mol. The molecule has 0 aromatic heterocycles. The standard InChI is InChI=1S/C36H28/c1-2-22-6-10-26-18-34(22)33-17-25(9-5-21(1)33)29-13-14-31(29)27-11-7-23-3-4-24-8-12-28(32-16-15-30(26)32)20-36(24)35(23)19-27/h1-12,17-20,29-32H,13-16H2/t29-,30-,31+,32+. The first-order chi connectivity index (χ1) is 17.8. The minimum atomic E-state index is 0.611. The van der Waals surface area contributed by atoms with E-state index in [1.54, 1.807) is 0 Å². The molecular formula is C36H28. The second-order valence-electron chi connectivity index (χ2n) is 11.6. The lowest BCUT2D eigenvalue weighted by Gasteiger charge is -2.38. The van der Waals surface area contributed by atoms with Crippen molar-refractivity contribution in [3.05, 3.63) is 119 Å². The van der Waals surface area contributed by atoms with E-state index in [2.05, 4.69) is 97.1 Å². The molecule has 3 aliphatic rings. The lowest BCUT2D eigenvalue weighted by molar-refractivity contribution is 0.347. The van der Waals surface area contributed by atoms with E-state index >= 15 is 0 Å². The van der Waals surface area contributed by atoms with Crippen LogP contribution < -0.4 is 0 Å². The number of hydrogen-bond acceptors (Lipinski definition) is 0. The average molecular weight is 461 g/mol. The maximum absolute atomic E-state index is 2.53. The van der Waals surface area contributed by atoms with Crippen molar-refractivity contribution in [2.24, 2.45) is 0 Å². The minimum Gasteiger partial charge on any atom is -0.0581 e. The molecule has 0 N–H and O–H groups in total. The highest BCUT2D eigenvalue weighted by Gasteiger charge is 2.35. The summed E-state index contributed by atoms with van der Waals surface area (Å²) in [6.07, 6.45) is 5.14. The van der Waals surface area contributed by atoms with Gasteiger partial charge in [-0.25, -0.2) is 0 Å². The Morgan fingerprint density at radius 2 is 0.528 bits per heavy atom. The average Bonchev–Trinajstić information content (AvgIpc) is 2.87. The summed E-state index contributed by atoms with van der Waals surface area (Å²) in [6, 6.07) is 38.5. The summed E-state index contributed by atoms with van der Waals surface area (Å²) in [7, 11) is 0. The third-order valence-electron chi connectivity index (χ3n) is 10.0. The second-order valence-corrected chi connectivity index (χ2v) is 11.6. The van der Waals surface area contributed by atoms with Crippen LogP contribution >= 0.6 is 0 Å². The molecule has 4 atom stereocenters. The van der Waals surface area contributed by atoms with Gasteiger partial charge in [0.25, 0.3) is 0 Å². The zero-order chi connectivity index (χ0) is 23.4. The van der Waals surface area contributed by atoms with Gasteiger partial charge in [0.05, 0.1) is 0 Å². The van der Waals surface area contributed by atoms with Gasteiger partial charge in [0.1, 0.15) is 0 Å². The summed E-state index contributed by atoms with van der Waals surface area (Å²) in [5.41, 5.74) is 6.08. The van der Waals surface area contributed by atoms with Crippen molar-refractivity contribution < 1.29 is 0 Å². The van der Waals surface area contributed by atoms with Crippen molar-refractivity contribution in [1.29, 1.82) is 0 Å². The summed E-state index contributed by atoms with van der Waals surface area (Å²) in [5.74, 6) is 2.44. The molecule has 2 saturated carbocycles. The third-order valence-corrected chi connectivity index (χ3v) is 10.0. The van der Waals surface area contributed by atoms with Crippen LogP contribution in [-0.4, -0.2) is 0 Å². The van der Waals surface area contributed by atoms with Crippen molar-refractivity contribution in [1.82, 2.24) is 0 Å². The van der Waals surface area contributed by atoms with Crippen LogP contribution in [0, 0.1) is 0 Å². The van der Waals surface area contributed by atoms with E-state index in [0.717, 1.165) is 0 Å². The van der Waals surface area contributed by atoms with Gasteiger partial charge in [0, 0.05) is 0 Å². The van der Waals surface area contributed by atoms with Crippen LogP contribution in [0.3, 0.4) is 0 Å². The molecule has 9 rings (SSSR count).